The maximum atomic E-state index is 12.1. The molecular weight excluding hydrogens is 236 g/mol. The first-order chi connectivity index (χ1) is 8.47. The molecule has 0 saturated carbocycles. The number of hydrogen-bond acceptors (Lipinski definition) is 3. The Hall–Kier alpha value is -1.56. The number of carboxylic acids is 1. The second-order valence-electron chi connectivity index (χ2n) is 4.53. The number of likely N-dealkylation sites (tertiary alicyclic amines) is 1. The standard InChI is InChI=1S/C12H20N2O4/c1-3-4-5-6-13(2)12(18)14-8-9(15)7-10(14)11(16)17/h3,9-10,15H,1,4-8H2,2H3,(H,16,17)/t9-,10-/m0/s1. The van der Waals surface area contributed by atoms with Gasteiger partial charge < -0.3 is 20.0 Å². The van der Waals surface area contributed by atoms with E-state index in [4.69, 9.17) is 5.11 Å². The van der Waals surface area contributed by atoms with Crippen LogP contribution in [0.1, 0.15) is 19.3 Å². The van der Waals surface area contributed by atoms with Crippen LogP contribution in [-0.4, -0.2) is 64.3 Å². The number of carboxylic acid groups (broad SMARTS) is 1. The monoisotopic (exact) mass is 256 g/mol. The highest BCUT2D eigenvalue weighted by Crippen LogP contribution is 2.19. The van der Waals surface area contributed by atoms with Crippen molar-refractivity contribution in [1.82, 2.24) is 9.80 Å². The fraction of sp³-hybridized carbons (Fsp3) is 0.667. The van der Waals surface area contributed by atoms with E-state index in [0.29, 0.717) is 6.54 Å². The Morgan fingerprint density at radius 2 is 2.22 bits per heavy atom. The predicted molar refractivity (Wildman–Crippen MR) is 66.2 cm³/mol. The van der Waals surface area contributed by atoms with Crippen LogP contribution in [0.25, 0.3) is 0 Å². The summed E-state index contributed by atoms with van der Waals surface area (Å²) in [5.74, 6) is -1.07. The third-order valence-corrected chi connectivity index (χ3v) is 3.04. The average molecular weight is 256 g/mol. The van der Waals surface area contributed by atoms with Crippen LogP contribution in [0, 0.1) is 0 Å². The van der Waals surface area contributed by atoms with Crippen LogP contribution in [0.2, 0.25) is 0 Å². The van der Waals surface area contributed by atoms with Crippen LogP contribution in [0.15, 0.2) is 12.7 Å². The second-order valence-corrected chi connectivity index (χ2v) is 4.53. The van der Waals surface area contributed by atoms with Gasteiger partial charge in [-0.1, -0.05) is 6.08 Å². The molecule has 0 aromatic heterocycles. The van der Waals surface area contributed by atoms with Crippen molar-refractivity contribution in [3.8, 4) is 0 Å². The molecule has 1 aliphatic rings. The lowest BCUT2D eigenvalue weighted by Crippen LogP contribution is -2.47. The number of aliphatic carboxylic acids is 1. The van der Waals surface area contributed by atoms with E-state index in [9.17, 15) is 14.7 Å². The van der Waals surface area contributed by atoms with Gasteiger partial charge in [0, 0.05) is 26.6 Å². The van der Waals surface area contributed by atoms with Crippen molar-refractivity contribution in [1.29, 1.82) is 0 Å². The van der Waals surface area contributed by atoms with Crippen molar-refractivity contribution in [2.24, 2.45) is 0 Å². The van der Waals surface area contributed by atoms with Crippen LogP contribution in [0.4, 0.5) is 4.79 Å². The summed E-state index contributed by atoms with van der Waals surface area (Å²) < 4.78 is 0. The largest absolute Gasteiger partial charge is 0.480 e. The molecule has 2 N–H and O–H groups in total. The quantitative estimate of drug-likeness (QED) is 0.555. The Morgan fingerprint density at radius 3 is 2.78 bits per heavy atom. The van der Waals surface area contributed by atoms with Crippen molar-refractivity contribution in [3.05, 3.63) is 12.7 Å². The van der Waals surface area contributed by atoms with Gasteiger partial charge in [0.2, 0.25) is 0 Å². The van der Waals surface area contributed by atoms with Crippen molar-refractivity contribution in [2.75, 3.05) is 20.1 Å². The van der Waals surface area contributed by atoms with Gasteiger partial charge in [0.1, 0.15) is 6.04 Å². The maximum Gasteiger partial charge on any atom is 0.326 e. The lowest BCUT2D eigenvalue weighted by Gasteiger charge is -2.27. The molecule has 2 amide bonds. The molecule has 0 spiro atoms. The summed E-state index contributed by atoms with van der Waals surface area (Å²) >= 11 is 0. The van der Waals surface area contributed by atoms with Crippen molar-refractivity contribution >= 4 is 12.0 Å². The van der Waals surface area contributed by atoms with Gasteiger partial charge in [-0.15, -0.1) is 6.58 Å². The van der Waals surface area contributed by atoms with Gasteiger partial charge in [0.05, 0.1) is 6.10 Å². The van der Waals surface area contributed by atoms with Crippen LogP contribution >= 0.6 is 0 Å². The molecular formula is C12H20N2O4. The van der Waals surface area contributed by atoms with Gasteiger partial charge in [0.25, 0.3) is 0 Å². The molecule has 0 aromatic rings. The molecule has 1 rings (SSSR count). The highest BCUT2D eigenvalue weighted by Gasteiger charge is 2.39. The van der Waals surface area contributed by atoms with Crippen molar-refractivity contribution in [3.63, 3.8) is 0 Å². The first kappa shape index (κ1) is 14.5. The van der Waals surface area contributed by atoms with Gasteiger partial charge in [0.15, 0.2) is 0 Å². The lowest BCUT2D eigenvalue weighted by molar-refractivity contribution is -0.141. The zero-order valence-electron chi connectivity index (χ0n) is 10.6. The summed E-state index contributed by atoms with van der Waals surface area (Å²) in [5, 5.41) is 18.5. The summed E-state index contributed by atoms with van der Waals surface area (Å²) in [6, 6.07) is -1.27. The van der Waals surface area contributed by atoms with Crippen molar-refractivity contribution < 1.29 is 19.8 Å². The number of aliphatic hydroxyl groups excluding tert-OH is 1. The number of allylic oxidation sites excluding steroid dienone is 1. The van der Waals surface area contributed by atoms with Crippen LogP contribution < -0.4 is 0 Å². The molecule has 0 aliphatic carbocycles. The second kappa shape index (κ2) is 6.39. The summed E-state index contributed by atoms with van der Waals surface area (Å²) in [6.45, 7) is 4.23. The number of carbonyl (C=O) groups is 2. The molecule has 0 bridgehead atoms. The van der Waals surface area contributed by atoms with Gasteiger partial charge in [-0.25, -0.2) is 9.59 Å². The summed E-state index contributed by atoms with van der Waals surface area (Å²) in [4.78, 5) is 25.8. The topological polar surface area (TPSA) is 81.1 Å². The number of nitrogens with zero attached hydrogens (tertiary/aromatic N) is 2. The molecule has 1 fully saturated rings. The molecule has 18 heavy (non-hydrogen) atoms. The molecule has 6 nitrogen and oxygen atoms in total. The number of rotatable bonds is 5. The van der Waals surface area contributed by atoms with Gasteiger partial charge in [-0.05, 0) is 12.8 Å². The van der Waals surface area contributed by atoms with E-state index in [-0.39, 0.29) is 19.0 Å². The molecule has 2 atom stereocenters. The number of amides is 2. The minimum atomic E-state index is -1.07. The fourth-order valence-corrected chi connectivity index (χ4v) is 2.05. The molecule has 0 radical (unpaired) electrons. The minimum Gasteiger partial charge on any atom is -0.480 e. The third-order valence-electron chi connectivity index (χ3n) is 3.04. The Labute approximate surface area is 106 Å². The molecule has 1 aliphatic heterocycles. The van der Waals surface area contributed by atoms with E-state index in [1.807, 2.05) is 0 Å². The van der Waals surface area contributed by atoms with Crippen LogP contribution in [-0.2, 0) is 4.79 Å². The maximum absolute atomic E-state index is 12.1. The Morgan fingerprint density at radius 1 is 1.56 bits per heavy atom. The van der Waals surface area contributed by atoms with E-state index in [1.165, 1.54) is 9.80 Å². The number of urea groups is 1. The normalized spacial score (nSPS) is 22.9. The lowest BCUT2D eigenvalue weighted by atomic mass is 10.2. The zero-order chi connectivity index (χ0) is 13.7. The number of unbranched alkanes of at least 4 members (excludes halogenated alkanes) is 1. The van der Waals surface area contributed by atoms with Crippen LogP contribution in [0.5, 0.6) is 0 Å². The number of aliphatic hydroxyl groups is 1. The SMILES string of the molecule is C=CCCCN(C)C(=O)N1C[C@@H](O)C[C@H]1C(=O)O. The highest BCUT2D eigenvalue weighted by molar-refractivity contribution is 5.83. The van der Waals surface area contributed by atoms with E-state index < -0.39 is 18.1 Å². The molecule has 102 valence electrons. The molecule has 0 unspecified atom stereocenters. The van der Waals surface area contributed by atoms with E-state index >= 15 is 0 Å². The summed E-state index contributed by atoms with van der Waals surface area (Å²) in [7, 11) is 1.63. The van der Waals surface area contributed by atoms with E-state index in [2.05, 4.69) is 6.58 Å². The van der Waals surface area contributed by atoms with Crippen molar-refractivity contribution in [2.45, 2.75) is 31.4 Å². The summed E-state index contributed by atoms with van der Waals surface area (Å²) in [5.41, 5.74) is 0. The van der Waals surface area contributed by atoms with Gasteiger partial charge in [-0.2, -0.15) is 0 Å². The third kappa shape index (κ3) is 3.46. The number of carbonyl (C=O) groups excluding carboxylic acids is 1. The molecule has 1 heterocycles. The number of β-amino-alcohol motifs (C(OH)–C–C–N with tert-alkyl or cyclic N) is 1. The van der Waals surface area contributed by atoms with E-state index in [1.54, 1.807) is 13.1 Å². The molecule has 1 saturated heterocycles. The number of hydrogen-bond donors (Lipinski definition) is 2. The predicted octanol–water partition coefficient (Wildman–Crippen LogP) is 0.524. The highest BCUT2D eigenvalue weighted by atomic mass is 16.4. The first-order valence-electron chi connectivity index (χ1n) is 6.01. The average Bonchev–Trinajstić information content (AvgIpc) is 2.70. The molecule has 0 aromatic carbocycles. The Balaban J connectivity index is 2.58. The molecule has 6 heteroatoms. The zero-order valence-corrected chi connectivity index (χ0v) is 10.6. The minimum absolute atomic E-state index is 0.0849. The fourth-order valence-electron chi connectivity index (χ4n) is 2.05. The summed E-state index contributed by atoms with van der Waals surface area (Å²) in [6.07, 6.45) is 2.72. The smallest absolute Gasteiger partial charge is 0.326 e. The Kier molecular flexibility index (Phi) is 5.15. The van der Waals surface area contributed by atoms with Gasteiger partial charge in [-0.3, -0.25) is 0 Å². The first-order valence-corrected chi connectivity index (χ1v) is 6.01. The Bertz CT molecular complexity index is 332. The van der Waals surface area contributed by atoms with E-state index in [0.717, 1.165) is 12.8 Å². The van der Waals surface area contributed by atoms with Gasteiger partial charge >= 0.3 is 12.0 Å². The van der Waals surface area contributed by atoms with Crippen LogP contribution in [0.3, 0.4) is 0 Å².